The summed E-state index contributed by atoms with van der Waals surface area (Å²) in [6.45, 7) is 2.87. The summed E-state index contributed by atoms with van der Waals surface area (Å²) in [4.78, 5) is 18.9. The fourth-order valence-corrected chi connectivity index (χ4v) is 3.62. The van der Waals surface area contributed by atoms with E-state index in [1.807, 2.05) is 30.3 Å². The lowest BCUT2D eigenvalue weighted by Gasteiger charge is -2.17. The number of aryl methyl sites for hydroxylation is 1. The van der Waals surface area contributed by atoms with Crippen molar-refractivity contribution in [3.63, 3.8) is 0 Å². The van der Waals surface area contributed by atoms with Crippen molar-refractivity contribution in [2.24, 2.45) is 0 Å². The van der Waals surface area contributed by atoms with E-state index in [0.29, 0.717) is 36.2 Å². The van der Waals surface area contributed by atoms with Gasteiger partial charge in [-0.25, -0.2) is 0 Å². The maximum Gasteiger partial charge on any atom is 0.258 e. The molecule has 1 fully saturated rings. The van der Waals surface area contributed by atoms with Gasteiger partial charge in [-0.05, 0) is 42.3 Å². The van der Waals surface area contributed by atoms with Crippen LogP contribution in [0.4, 0.5) is 5.69 Å². The van der Waals surface area contributed by atoms with Crippen LogP contribution in [-0.4, -0.2) is 29.4 Å². The first-order valence-electron chi connectivity index (χ1n) is 9.34. The van der Waals surface area contributed by atoms with Gasteiger partial charge in [0.1, 0.15) is 0 Å². The lowest BCUT2D eigenvalue weighted by molar-refractivity contribution is -0.117. The molecule has 5 rings (SSSR count). The number of hydrogen-bond acceptors (Lipinski definition) is 6. The van der Waals surface area contributed by atoms with E-state index in [1.165, 1.54) is 5.56 Å². The molecule has 7 nitrogen and oxygen atoms in total. The van der Waals surface area contributed by atoms with Gasteiger partial charge < -0.3 is 18.9 Å². The number of aromatic nitrogens is 2. The second kappa shape index (κ2) is 6.67. The highest BCUT2D eigenvalue weighted by Crippen LogP contribution is 2.36. The van der Waals surface area contributed by atoms with E-state index in [1.54, 1.807) is 4.90 Å². The minimum Gasteiger partial charge on any atom is -0.454 e. The van der Waals surface area contributed by atoms with E-state index in [-0.39, 0.29) is 18.6 Å². The predicted molar refractivity (Wildman–Crippen MR) is 101 cm³/mol. The Morgan fingerprint density at radius 1 is 1.14 bits per heavy atom. The van der Waals surface area contributed by atoms with E-state index in [0.717, 1.165) is 17.7 Å². The molecule has 2 aliphatic heterocycles. The first kappa shape index (κ1) is 16.8. The molecule has 1 aromatic heterocycles. The van der Waals surface area contributed by atoms with Crippen LogP contribution in [0.1, 0.15) is 30.7 Å². The molecular formula is C21H19N3O4. The molecule has 0 spiro atoms. The molecule has 7 heteroatoms. The number of nitrogens with zero attached hydrogens (tertiary/aromatic N) is 3. The molecule has 3 heterocycles. The second-order valence-electron chi connectivity index (χ2n) is 6.95. The molecule has 2 aliphatic rings. The van der Waals surface area contributed by atoms with Gasteiger partial charge in [0.05, 0.1) is 0 Å². The Morgan fingerprint density at radius 3 is 2.93 bits per heavy atom. The Balaban J connectivity index is 1.37. The summed E-state index contributed by atoms with van der Waals surface area (Å²) in [5.74, 6) is 2.31. The van der Waals surface area contributed by atoms with Gasteiger partial charge in [0.2, 0.25) is 12.7 Å². The monoisotopic (exact) mass is 377 g/mol. The molecule has 2 aromatic carbocycles. The normalized spacial score (nSPS) is 18.1. The number of amides is 1. The molecule has 28 heavy (non-hydrogen) atoms. The molecule has 0 N–H and O–H groups in total. The molecule has 142 valence electrons. The summed E-state index contributed by atoms with van der Waals surface area (Å²) >= 11 is 0. The Hall–Kier alpha value is -3.35. The summed E-state index contributed by atoms with van der Waals surface area (Å²) in [5, 5.41) is 4.13. The topological polar surface area (TPSA) is 77.7 Å². The Kier molecular flexibility index (Phi) is 4.00. The fraction of sp³-hybridized carbons (Fsp3) is 0.286. The first-order chi connectivity index (χ1) is 13.7. The van der Waals surface area contributed by atoms with Crippen molar-refractivity contribution < 1.29 is 18.8 Å². The summed E-state index contributed by atoms with van der Waals surface area (Å²) in [6.07, 6.45) is 1.31. The summed E-state index contributed by atoms with van der Waals surface area (Å²) in [6, 6.07) is 13.6. The zero-order valence-corrected chi connectivity index (χ0v) is 15.4. The average Bonchev–Trinajstić information content (AvgIpc) is 3.46. The van der Waals surface area contributed by atoms with Gasteiger partial charge in [-0.15, -0.1) is 0 Å². The fourth-order valence-electron chi connectivity index (χ4n) is 3.62. The van der Waals surface area contributed by atoms with Crippen LogP contribution in [0.3, 0.4) is 0 Å². The van der Waals surface area contributed by atoms with Crippen molar-refractivity contribution in [1.82, 2.24) is 10.1 Å². The second-order valence-corrected chi connectivity index (χ2v) is 6.95. The van der Waals surface area contributed by atoms with E-state index < -0.39 is 0 Å². The number of anilines is 1. The smallest absolute Gasteiger partial charge is 0.258 e. The molecule has 1 saturated heterocycles. The van der Waals surface area contributed by atoms with Crippen molar-refractivity contribution in [1.29, 1.82) is 0 Å². The van der Waals surface area contributed by atoms with Crippen LogP contribution in [0.5, 0.6) is 11.5 Å². The molecule has 0 aliphatic carbocycles. The third-order valence-corrected chi connectivity index (χ3v) is 5.18. The van der Waals surface area contributed by atoms with Crippen molar-refractivity contribution >= 4 is 11.6 Å². The molecule has 0 saturated carbocycles. The molecule has 1 amide bonds. The van der Waals surface area contributed by atoms with Crippen LogP contribution < -0.4 is 14.4 Å². The molecule has 0 radical (unpaired) electrons. The van der Waals surface area contributed by atoms with Gasteiger partial charge in [-0.1, -0.05) is 24.2 Å². The van der Waals surface area contributed by atoms with Crippen LogP contribution in [0.15, 0.2) is 47.0 Å². The number of rotatable bonds is 4. The van der Waals surface area contributed by atoms with Gasteiger partial charge in [0.15, 0.2) is 17.3 Å². The SMILES string of the molecule is CCc1cccc(N2CC(c3noc(-c4ccc5c(c4)OCO5)n3)CC2=O)c1. The minimum atomic E-state index is -0.0932. The standard InChI is InChI=1S/C21H19N3O4/c1-2-13-4-3-5-16(8-13)24-11-15(10-19(24)25)20-22-21(28-23-20)14-6-7-17-18(9-14)27-12-26-17/h3-9,15H,2,10-12H2,1H3. The zero-order chi connectivity index (χ0) is 19.1. The van der Waals surface area contributed by atoms with E-state index >= 15 is 0 Å². The maximum atomic E-state index is 12.6. The zero-order valence-electron chi connectivity index (χ0n) is 15.4. The predicted octanol–water partition coefficient (Wildman–Crippen LogP) is 3.55. The van der Waals surface area contributed by atoms with Crippen LogP contribution in [-0.2, 0) is 11.2 Å². The van der Waals surface area contributed by atoms with Crippen LogP contribution in [0.2, 0.25) is 0 Å². The number of carbonyl (C=O) groups excluding carboxylic acids is 1. The number of benzene rings is 2. The third-order valence-electron chi connectivity index (χ3n) is 5.18. The van der Waals surface area contributed by atoms with E-state index in [9.17, 15) is 4.79 Å². The highest BCUT2D eigenvalue weighted by molar-refractivity contribution is 5.96. The molecule has 0 bridgehead atoms. The largest absolute Gasteiger partial charge is 0.454 e. The quantitative estimate of drug-likeness (QED) is 0.692. The Bertz CT molecular complexity index is 1050. The van der Waals surface area contributed by atoms with Crippen LogP contribution in [0.25, 0.3) is 11.5 Å². The highest BCUT2D eigenvalue weighted by atomic mass is 16.7. The Labute approximate surface area is 161 Å². The average molecular weight is 377 g/mol. The summed E-state index contributed by atoms with van der Waals surface area (Å²) < 4.78 is 16.2. The minimum absolute atomic E-state index is 0.0766. The first-order valence-corrected chi connectivity index (χ1v) is 9.34. The number of hydrogen-bond donors (Lipinski definition) is 0. The van der Waals surface area contributed by atoms with Crippen LogP contribution >= 0.6 is 0 Å². The third kappa shape index (κ3) is 2.89. The number of fused-ring (bicyclic) bond motifs is 1. The Morgan fingerprint density at radius 2 is 2.04 bits per heavy atom. The van der Waals surface area contributed by atoms with Gasteiger partial charge in [-0.2, -0.15) is 4.98 Å². The van der Waals surface area contributed by atoms with Gasteiger partial charge >= 0.3 is 0 Å². The summed E-state index contributed by atoms with van der Waals surface area (Å²) in [7, 11) is 0. The molecular weight excluding hydrogens is 358 g/mol. The van der Waals surface area contributed by atoms with Gasteiger partial charge in [0.25, 0.3) is 5.89 Å². The highest BCUT2D eigenvalue weighted by Gasteiger charge is 2.34. The van der Waals surface area contributed by atoms with Crippen molar-refractivity contribution in [3.05, 3.63) is 53.9 Å². The lowest BCUT2D eigenvalue weighted by atomic mass is 10.1. The van der Waals surface area contributed by atoms with E-state index in [4.69, 9.17) is 14.0 Å². The maximum absolute atomic E-state index is 12.6. The molecule has 3 aromatic rings. The van der Waals surface area contributed by atoms with Crippen molar-refractivity contribution in [2.45, 2.75) is 25.7 Å². The lowest BCUT2D eigenvalue weighted by Crippen LogP contribution is -2.24. The van der Waals surface area contributed by atoms with Crippen molar-refractivity contribution in [2.75, 3.05) is 18.2 Å². The summed E-state index contributed by atoms with van der Waals surface area (Å²) in [5.41, 5.74) is 2.89. The van der Waals surface area contributed by atoms with Crippen molar-refractivity contribution in [3.8, 4) is 23.0 Å². The molecule has 1 atom stereocenters. The number of carbonyl (C=O) groups is 1. The van der Waals surface area contributed by atoms with Gasteiger partial charge in [-0.3, -0.25) is 4.79 Å². The number of ether oxygens (including phenoxy) is 2. The van der Waals surface area contributed by atoms with Crippen LogP contribution in [0, 0.1) is 0 Å². The van der Waals surface area contributed by atoms with E-state index in [2.05, 4.69) is 29.2 Å². The van der Waals surface area contributed by atoms with Gasteiger partial charge in [0, 0.05) is 30.1 Å². The molecule has 1 unspecified atom stereocenters.